The summed E-state index contributed by atoms with van der Waals surface area (Å²) in [5, 5.41) is 22.0. The van der Waals surface area contributed by atoms with Crippen molar-refractivity contribution >= 4 is 152 Å². The zero-order valence-electron chi connectivity index (χ0n) is 27.5. The normalized spacial score (nSPS) is 10.7. The van der Waals surface area contributed by atoms with Gasteiger partial charge in [0.05, 0.1) is 45.8 Å². The molecule has 4 heterocycles. The molecule has 0 radical (unpaired) electrons. The van der Waals surface area contributed by atoms with Crippen molar-refractivity contribution in [1.82, 2.24) is 19.9 Å². The molecule has 268 valence electrons. The molecular weight excluding hydrogens is 831 g/mol. The van der Waals surface area contributed by atoms with Crippen molar-refractivity contribution in [3.05, 3.63) is 147 Å². The molecule has 8 nitrogen and oxygen atoms in total. The van der Waals surface area contributed by atoms with Crippen LogP contribution in [0.2, 0.25) is 0 Å². The summed E-state index contributed by atoms with van der Waals surface area (Å²) in [6.07, 6.45) is 0. The van der Waals surface area contributed by atoms with Gasteiger partial charge in [-0.3, -0.25) is 10.1 Å². The first-order valence-electron chi connectivity index (χ1n) is 15.9. The number of fused-ring (bicyclic) bond motifs is 6. The number of aromatic amines is 4. The molecule has 0 aliphatic rings. The Morgan fingerprint density at radius 2 is 1.11 bits per heavy atom. The number of phenols is 1. The van der Waals surface area contributed by atoms with E-state index in [-0.39, 0.29) is 11.4 Å². The van der Waals surface area contributed by atoms with Crippen LogP contribution in [0, 0.1) is 25.9 Å². The fraction of sp³-hybridized carbons (Fsp3) is 0. The maximum absolute atomic E-state index is 10.4. The predicted octanol–water partition coefficient (Wildman–Crippen LogP) is 14.3. The van der Waals surface area contributed by atoms with E-state index in [0.29, 0.717) is 3.95 Å². The number of aromatic nitrogens is 4. The molecule has 6 aromatic carbocycles. The van der Waals surface area contributed by atoms with Gasteiger partial charge >= 0.3 is 0 Å². The van der Waals surface area contributed by atoms with Crippen molar-refractivity contribution in [3.63, 3.8) is 0 Å². The number of H-pyrrole nitrogens is 4. The zero-order valence-corrected chi connectivity index (χ0v) is 34.1. The Morgan fingerprint density at radius 1 is 0.537 bits per heavy atom. The number of hydrogen-bond acceptors (Lipinski definition) is 11. The number of rotatable bonds is 2. The molecule has 0 atom stereocenters. The quantitative estimate of drug-likeness (QED) is 0.0666. The number of phenolic OH excluding ortho intramolecular Hbond substituents is 1. The largest absolute Gasteiger partial charge is 0.508 e. The molecule has 0 unspecified atom stereocenters. The Bertz CT molecular complexity index is 3170. The van der Waals surface area contributed by atoms with E-state index < -0.39 is 4.92 Å². The Hall–Kier alpha value is -4.78. The van der Waals surface area contributed by atoms with E-state index in [1.54, 1.807) is 40.9 Å². The van der Waals surface area contributed by atoms with Crippen LogP contribution in [0.25, 0.3) is 62.8 Å². The van der Waals surface area contributed by atoms with E-state index in [2.05, 4.69) is 98.8 Å². The molecule has 0 aliphatic carbocycles. The van der Waals surface area contributed by atoms with Crippen LogP contribution in [0.4, 0.5) is 5.69 Å². The first-order chi connectivity index (χ1) is 26.1. The van der Waals surface area contributed by atoms with Crippen molar-refractivity contribution in [2.24, 2.45) is 0 Å². The minimum absolute atomic E-state index is 0.0951. The van der Waals surface area contributed by atoms with Crippen LogP contribution in [-0.2, 0) is 0 Å². The van der Waals surface area contributed by atoms with Gasteiger partial charge in [0.2, 0.25) is 0 Å². The number of thiazole rings is 4. The summed E-state index contributed by atoms with van der Waals surface area (Å²) in [4.78, 5) is 22.4. The van der Waals surface area contributed by atoms with E-state index >= 15 is 0 Å². The van der Waals surface area contributed by atoms with Crippen molar-refractivity contribution in [3.8, 4) is 16.9 Å². The molecule has 16 heteroatoms. The van der Waals surface area contributed by atoms with Crippen LogP contribution < -0.4 is 0 Å². The van der Waals surface area contributed by atoms with Crippen molar-refractivity contribution in [2.75, 3.05) is 0 Å². The minimum atomic E-state index is -0.414. The molecular formula is C38H25N5O3S8. The summed E-state index contributed by atoms with van der Waals surface area (Å²) < 4.78 is 7.31. The third kappa shape index (κ3) is 8.77. The maximum Gasteiger partial charge on any atom is 0.270 e. The van der Waals surface area contributed by atoms with Crippen LogP contribution in [0.1, 0.15) is 0 Å². The monoisotopic (exact) mass is 855 g/mol. The van der Waals surface area contributed by atoms with Gasteiger partial charge in [-0.15, -0.1) is 45.3 Å². The van der Waals surface area contributed by atoms with Gasteiger partial charge < -0.3 is 25.0 Å². The fourth-order valence-corrected chi connectivity index (χ4v) is 10.1. The van der Waals surface area contributed by atoms with Crippen molar-refractivity contribution < 1.29 is 10.0 Å². The van der Waals surface area contributed by atoms with Gasteiger partial charge in [0, 0.05) is 23.1 Å². The highest BCUT2D eigenvalue weighted by molar-refractivity contribution is 7.74. The lowest BCUT2D eigenvalue weighted by atomic mass is 10.1. The summed E-state index contributed by atoms with van der Waals surface area (Å²) >= 11 is 26.2. The Kier molecular flexibility index (Phi) is 11.6. The first kappa shape index (κ1) is 37.5. The molecule has 0 aliphatic heterocycles. The van der Waals surface area contributed by atoms with Gasteiger partial charge in [0.15, 0.2) is 15.8 Å². The zero-order chi connectivity index (χ0) is 37.8. The van der Waals surface area contributed by atoms with Crippen LogP contribution in [0.15, 0.2) is 121 Å². The Morgan fingerprint density at radius 3 is 1.81 bits per heavy atom. The number of nitro benzene ring substituents is 1. The number of aromatic hydroxyl groups is 1. The van der Waals surface area contributed by atoms with Gasteiger partial charge in [0.25, 0.3) is 5.69 Å². The maximum atomic E-state index is 10.4. The lowest BCUT2D eigenvalue weighted by Gasteiger charge is -2.02. The predicted molar refractivity (Wildman–Crippen MR) is 239 cm³/mol. The van der Waals surface area contributed by atoms with E-state index in [9.17, 15) is 10.1 Å². The highest BCUT2D eigenvalue weighted by Crippen LogP contribution is 2.31. The summed E-state index contributed by atoms with van der Waals surface area (Å²) in [5.74, 6) is 0.280. The van der Waals surface area contributed by atoms with Gasteiger partial charge in [-0.05, 0) is 96.2 Å². The molecule has 5 N–H and O–H groups in total. The molecule has 0 saturated carbocycles. The standard InChI is InChI=1S/C13H9NS2.C11H7NS2.C7H4N2O2S2.C7H5NOS2/c15-13-14-12-10(7-4-8-11(12)16-13)9-5-2-1-3-6-9;13-11-12-10-8-4-2-1-3-7(8)5-6-9(10)14-11;10-9(11)4-1-2-5-6(3-4)13-7(12)8-5;9-4-1-2-5-6(3-4)11-7(10)8-5/h1-8H,(H,14,15);1-6H,(H,12,13);1-3H,(H,8,12);1-3,9H,(H,8,10). The van der Waals surface area contributed by atoms with E-state index in [1.165, 1.54) is 66.1 Å². The molecule has 0 amide bonds. The molecule has 0 fully saturated rings. The summed E-state index contributed by atoms with van der Waals surface area (Å²) in [6.45, 7) is 0. The highest BCUT2D eigenvalue weighted by atomic mass is 32.2. The average molecular weight is 856 g/mol. The van der Waals surface area contributed by atoms with Crippen LogP contribution >= 0.6 is 94.2 Å². The second-order valence-electron chi connectivity index (χ2n) is 11.4. The number of nitrogens with zero attached hydrogens (tertiary/aromatic N) is 1. The smallest absolute Gasteiger partial charge is 0.270 e. The first-order valence-corrected chi connectivity index (χ1v) is 20.8. The highest BCUT2D eigenvalue weighted by Gasteiger charge is 2.07. The van der Waals surface area contributed by atoms with Gasteiger partial charge in [-0.2, -0.15) is 0 Å². The number of nitro groups is 1. The van der Waals surface area contributed by atoms with Gasteiger partial charge in [-0.1, -0.05) is 72.8 Å². The van der Waals surface area contributed by atoms with Crippen molar-refractivity contribution in [2.45, 2.75) is 0 Å². The molecule has 10 rings (SSSR count). The SMILES string of the molecule is O=[N+]([O-])c1ccc2[nH]c(=S)sc2c1.Oc1ccc2[nH]c(=S)sc2c1.S=c1[nH]c2c(-c3ccccc3)cccc2s1.S=c1[nH]c2c(ccc3ccccc32)s1. The average Bonchev–Trinajstić information content (AvgIpc) is 3.94. The summed E-state index contributed by atoms with van der Waals surface area (Å²) in [6, 6.07) is 39.0. The second kappa shape index (κ2) is 16.7. The molecule has 0 saturated heterocycles. The van der Waals surface area contributed by atoms with Crippen LogP contribution in [-0.4, -0.2) is 30.0 Å². The van der Waals surface area contributed by atoms with E-state index in [1.807, 2.05) is 12.1 Å². The topological polar surface area (TPSA) is 127 Å². The minimum Gasteiger partial charge on any atom is -0.508 e. The molecule has 10 aromatic rings. The summed E-state index contributed by atoms with van der Waals surface area (Å²) in [7, 11) is 0. The lowest BCUT2D eigenvalue weighted by molar-refractivity contribution is -0.384. The van der Waals surface area contributed by atoms with Gasteiger partial charge in [-0.25, -0.2) is 0 Å². The van der Waals surface area contributed by atoms with Crippen LogP contribution in [0.3, 0.4) is 0 Å². The third-order valence-electron chi connectivity index (χ3n) is 7.88. The van der Waals surface area contributed by atoms with Gasteiger partial charge in [0.1, 0.15) is 5.75 Å². The van der Waals surface area contributed by atoms with Crippen molar-refractivity contribution in [1.29, 1.82) is 0 Å². The molecule has 4 aromatic heterocycles. The molecule has 0 bridgehead atoms. The lowest BCUT2D eigenvalue weighted by Crippen LogP contribution is -1.85. The Balaban J connectivity index is 0.000000112. The van der Waals surface area contributed by atoms with Crippen LogP contribution in [0.5, 0.6) is 5.75 Å². The van der Waals surface area contributed by atoms with E-state index in [0.717, 1.165) is 43.3 Å². The number of nitrogens with one attached hydrogen (secondary N) is 4. The Labute approximate surface area is 342 Å². The number of para-hydroxylation sites is 1. The third-order valence-corrected chi connectivity index (χ3v) is 12.7. The molecule has 0 spiro atoms. The summed E-state index contributed by atoms with van der Waals surface area (Å²) in [5.41, 5.74) is 6.67. The fourth-order valence-electron chi connectivity index (χ4n) is 5.51. The molecule has 54 heavy (non-hydrogen) atoms. The van der Waals surface area contributed by atoms with E-state index in [4.69, 9.17) is 54.0 Å². The number of hydrogen-bond donors (Lipinski definition) is 5. The number of benzene rings is 6. The second-order valence-corrected chi connectivity index (χ2v) is 18.3. The number of non-ortho nitro benzene ring substituents is 1.